The summed E-state index contributed by atoms with van der Waals surface area (Å²) in [6.07, 6.45) is 10.4. The highest BCUT2D eigenvalue weighted by molar-refractivity contribution is 5.83. The highest BCUT2D eigenvalue weighted by atomic mass is 19.1. The number of oxazole rings is 1. The van der Waals surface area contributed by atoms with Gasteiger partial charge in [-0.25, -0.2) is 9.37 Å². The molecule has 1 aliphatic carbocycles. The molecule has 1 saturated carbocycles. The van der Waals surface area contributed by atoms with Crippen molar-refractivity contribution in [1.29, 1.82) is 0 Å². The van der Waals surface area contributed by atoms with Crippen molar-refractivity contribution < 1.29 is 13.6 Å². The van der Waals surface area contributed by atoms with E-state index in [2.05, 4.69) is 14.8 Å². The van der Waals surface area contributed by atoms with Crippen LogP contribution in [0.25, 0.3) is 0 Å². The molecule has 5 nitrogen and oxygen atoms in total. The molecule has 2 aliphatic rings. The number of nitrogens with zero attached hydrogens (tertiary/aromatic N) is 3. The smallest absolute Gasteiger partial charge is 0.211 e. The van der Waals surface area contributed by atoms with Crippen molar-refractivity contribution in [2.45, 2.75) is 64.8 Å². The summed E-state index contributed by atoms with van der Waals surface area (Å²) in [4.78, 5) is 21.5. The largest absolute Gasteiger partial charge is 0.447 e. The SMILES string of the molecule is CCC(CC)C(=O)Cc1ccc(N2CCN(C(c3ncco3)C3CCCC3)CC2)c(F)c1. The second-order valence-corrected chi connectivity index (χ2v) is 9.33. The lowest BCUT2D eigenvalue weighted by atomic mass is 9.93. The summed E-state index contributed by atoms with van der Waals surface area (Å²) in [6, 6.07) is 5.54. The first kappa shape index (κ1) is 23.0. The van der Waals surface area contributed by atoms with Crippen LogP contribution in [0.1, 0.15) is 69.9 Å². The summed E-state index contributed by atoms with van der Waals surface area (Å²) in [5, 5.41) is 0. The summed E-state index contributed by atoms with van der Waals surface area (Å²) < 4.78 is 20.7. The van der Waals surface area contributed by atoms with Gasteiger partial charge in [-0.2, -0.15) is 0 Å². The molecule has 1 aliphatic heterocycles. The van der Waals surface area contributed by atoms with Gasteiger partial charge in [-0.1, -0.05) is 32.8 Å². The Labute approximate surface area is 191 Å². The minimum atomic E-state index is -0.228. The molecule has 0 radical (unpaired) electrons. The van der Waals surface area contributed by atoms with Crippen LogP contribution in [0.3, 0.4) is 0 Å². The van der Waals surface area contributed by atoms with Gasteiger partial charge in [0.15, 0.2) is 0 Å². The third kappa shape index (κ3) is 5.06. The Hall–Kier alpha value is -2.21. The quantitative estimate of drug-likeness (QED) is 0.520. The number of rotatable bonds is 9. The van der Waals surface area contributed by atoms with E-state index in [0.29, 0.717) is 18.0 Å². The Morgan fingerprint density at radius 1 is 1.16 bits per heavy atom. The maximum absolute atomic E-state index is 15.0. The fraction of sp³-hybridized carbons (Fsp3) is 0.615. The molecule has 4 rings (SSSR count). The molecule has 2 aromatic rings. The molecule has 1 unspecified atom stereocenters. The van der Waals surface area contributed by atoms with Gasteiger partial charge in [0, 0.05) is 38.5 Å². The van der Waals surface area contributed by atoms with Crippen LogP contribution in [0, 0.1) is 17.7 Å². The molecule has 0 bridgehead atoms. The minimum Gasteiger partial charge on any atom is -0.447 e. The molecular weight excluding hydrogens is 405 g/mol. The molecule has 0 spiro atoms. The van der Waals surface area contributed by atoms with Gasteiger partial charge in [-0.3, -0.25) is 9.69 Å². The van der Waals surface area contributed by atoms with Crippen molar-refractivity contribution in [3.05, 3.63) is 47.9 Å². The lowest BCUT2D eigenvalue weighted by Gasteiger charge is -2.41. The van der Waals surface area contributed by atoms with E-state index in [1.54, 1.807) is 18.5 Å². The van der Waals surface area contributed by atoms with Crippen LogP contribution in [0.2, 0.25) is 0 Å². The number of carbonyl (C=O) groups excluding carboxylic acids is 1. The first-order valence-corrected chi connectivity index (χ1v) is 12.3. The Balaban J connectivity index is 1.40. The first-order valence-electron chi connectivity index (χ1n) is 12.3. The Morgan fingerprint density at radius 3 is 2.47 bits per heavy atom. The van der Waals surface area contributed by atoms with Gasteiger partial charge in [0.05, 0.1) is 17.9 Å². The van der Waals surface area contributed by atoms with E-state index >= 15 is 0 Å². The zero-order valence-corrected chi connectivity index (χ0v) is 19.4. The number of benzene rings is 1. The lowest BCUT2D eigenvalue weighted by Crippen LogP contribution is -2.49. The number of carbonyl (C=O) groups is 1. The van der Waals surface area contributed by atoms with Crippen LogP contribution in [0.15, 0.2) is 35.1 Å². The highest BCUT2D eigenvalue weighted by Gasteiger charge is 2.36. The van der Waals surface area contributed by atoms with Crippen molar-refractivity contribution in [2.24, 2.45) is 11.8 Å². The number of piperazine rings is 1. The third-order valence-corrected chi connectivity index (χ3v) is 7.43. The molecule has 0 amide bonds. The number of ketones is 1. The zero-order chi connectivity index (χ0) is 22.5. The molecule has 2 heterocycles. The van der Waals surface area contributed by atoms with Crippen molar-refractivity contribution in [3.8, 4) is 0 Å². The van der Waals surface area contributed by atoms with E-state index in [1.165, 1.54) is 25.7 Å². The average Bonchev–Trinajstić information content (AvgIpc) is 3.51. The van der Waals surface area contributed by atoms with E-state index in [9.17, 15) is 9.18 Å². The van der Waals surface area contributed by atoms with Gasteiger partial charge in [-0.05, 0) is 49.3 Å². The van der Waals surface area contributed by atoms with Crippen LogP contribution < -0.4 is 4.90 Å². The molecule has 2 fully saturated rings. The van der Waals surface area contributed by atoms with Crippen LogP contribution in [0.5, 0.6) is 0 Å². The normalized spacial score (nSPS) is 19.1. The number of aromatic nitrogens is 1. The molecule has 1 aromatic carbocycles. The number of Topliss-reactive ketones (excluding diaryl/α,β-unsaturated/α-hetero) is 1. The van der Waals surface area contributed by atoms with Crippen molar-refractivity contribution in [3.63, 3.8) is 0 Å². The van der Waals surface area contributed by atoms with E-state index in [0.717, 1.165) is 50.5 Å². The lowest BCUT2D eigenvalue weighted by molar-refractivity contribution is -0.122. The van der Waals surface area contributed by atoms with Gasteiger partial charge in [-0.15, -0.1) is 0 Å². The van der Waals surface area contributed by atoms with Gasteiger partial charge in [0.25, 0.3) is 0 Å². The number of hydrogen-bond donors (Lipinski definition) is 0. The van der Waals surface area contributed by atoms with E-state index in [1.807, 2.05) is 26.0 Å². The maximum Gasteiger partial charge on any atom is 0.211 e. The predicted octanol–water partition coefficient (Wildman–Crippen LogP) is 5.42. The predicted molar refractivity (Wildman–Crippen MR) is 124 cm³/mol. The van der Waals surface area contributed by atoms with E-state index in [-0.39, 0.29) is 23.6 Å². The Morgan fingerprint density at radius 2 is 1.88 bits per heavy atom. The maximum atomic E-state index is 15.0. The zero-order valence-electron chi connectivity index (χ0n) is 19.4. The fourth-order valence-electron chi connectivity index (χ4n) is 5.56. The van der Waals surface area contributed by atoms with Gasteiger partial charge in [0.1, 0.15) is 17.9 Å². The van der Waals surface area contributed by atoms with Crippen LogP contribution in [0.4, 0.5) is 10.1 Å². The number of hydrogen-bond acceptors (Lipinski definition) is 5. The molecule has 6 heteroatoms. The van der Waals surface area contributed by atoms with Crippen LogP contribution in [-0.2, 0) is 11.2 Å². The molecule has 32 heavy (non-hydrogen) atoms. The highest BCUT2D eigenvalue weighted by Crippen LogP contribution is 2.39. The minimum absolute atomic E-state index is 0.0716. The molecule has 1 saturated heterocycles. The fourth-order valence-corrected chi connectivity index (χ4v) is 5.56. The summed E-state index contributed by atoms with van der Waals surface area (Å²) in [7, 11) is 0. The van der Waals surface area contributed by atoms with E-state index < -0.39 is 0 Å². The monoisotopic (exact) mass is 441 g/mol. The van der Waals surface area contributed by atoms with Crippen LogP contribution >= 0.6 is 0 Å². The molecular formula is C26H36FN3O2. The number of anilines is 1. The van der Waals surface area contributed by atoms with Gasteiger partial charge >= 0.3 is 0 Å². The Kier molecular flexibility index (Phi) is 7.61. The summed E-state index contributed by atoms with van der Waals surface area (Å²) in [5.74, 6) is 1.46. The van der Waals surface area contributed by atoms with E-state index in [4.69, 9.17) is 4.42 Å². The van der Waals surface area contributed by atoms with Crippen molar-refractivity contribution in [2.75, 3.05) is 31.1 Å². The standard InChI is InChI=1S/C26H36FN3O2/c1-3-20(4-2)24(31)18-19-9-10-23(22(27)17-19)29-12-14-30(15-13-29)25(21-7-5-6-8-21)26-28-11-16-32-26/h9-11,16-17,20-21,25H,3-8,12-15,18H2,1-2H3. The second kappa shape index (κ2) is 10.6. The van der Waals surface area contributed by atoms with Crippen molar-refractivity contribution in [1.82, 2.24) is 9.88 Å². The Bertz CT molecular complexity index is 867. The molecule has 1 atom stereocenters. The number of halogens is 1. The van der Waals surface area contributed by atoms with Crippen molar-refractivity contribution >= 4 is 11.5 Å². The van der Waals surface area contributed by atoms with Crippen LogP contribution in [-0.4, -0.2) is 41.8 Å². The molecule has 0 N–H and O–H groups in total. The molecule has 1 aromatic heterocycles. The molecule has 174 valence electrons. The average molecular weight is 442 g/mol. The summed E-state index contributed by atoms with van der Waals surface area (Å²) in [6.45, 7) is 7.33. The van der Waals surface area contributed by atoms with Gasteiger partial charge in [0.2, 0.25) is 5.89 Å². The second-order valence-electron chi connectivity index (χ2n) is 9.33. The summed E-state index contributed by atoms with van der Waals surface area (Å²) >= 11 is 0. The topological polar surface area (TPSA) is 49.6 Å². The third-order valence-electron chi connectivity index (χ3n) is 7.43. The summed E-state index contributed by atoms with van der Waals surface area (Å²) in [5.41, 5.74) is 1.41. The van der Waals surface area contributed by atoms with Gasteiger partial charge < -0.3 is 9.32 Å². The first-order chi connectivity index (χ1) is 15.6.